The molecule has 1 N–H and O–H groups in total. The maximum atomic E-state index is 12.4. The number of ether oxygens (including phenoxy) is 1. The third-order valence-corrected chi connectivity index (χ3v) is 5.09. The van der Waals surface area contributed by atoms with E-state index in [0.717, 1.165) is 31.9 Å². The highest BCUT2D eigenvalue weighted by Crippen LogP contribution is 2.20. The minimum Gasteiger partial charge on any atom is -0.444 e. The number of piperidine rings is 1. The van der Waals surface area contributed by atoms with Crippen LogP contribution in [-0.4, -0.2) is 81.9 Å². The predicted octanol–water partition coefficient (Wildman–Crippen LogP) is 2.34. The average molecular weight is 438 g/mol. The summed E-state index contributed by atoms with van der Waals surface area (Å²) in [6, 6.07) is 0. The van der Waals surface area contributed by atoms with Crippen LogP contribution in [0.2, 0.25) is 0 Å². The number of guanidine groups is 1. The van der Waals surface area contributed by atoms with Crippen molar-refractivity contribution in [2.45, 2.75) is 52.7 Å². The van der Waals surface area contributed by atoms with E-state index < -0.39 is 10.5 Å². The number of amides is 1. The van der Waals surface area contributed by atoms with Crippen LogP contribution < -0.4 is 5.32 Å². The van der Waals surface area contributed by atoms with Crippen molar-refractivity contribution in [1.29, 1.82) is 0 Å². The van der Waals surface area contributed by atoms with Crippen LogP contribution in [0.5, 0.6) is 0 Å². The fourth-order valence-corrected chi connectivity index (χ4v) is 3.48. The first kappa shape index (κ1) is 24.4. The number of hydrogen-bond donors (Lipinski definition) is 1. The van der Waals surface area contributed by atoms with Gasteiger partial charge in [-0.3, -0.25) is 19.8 Å². The number of likely N-dealkylation sites (tertiary alicyclic amines) is 1. The van der Waals surface area contributed by atoms with Crippen molar-refractivity contribution >= 4 is 17.7 Å². The fourth-order valence-electron chi connectivity index (χ4n) is 3.48. The molecule has 2 heterocycles. The van der Waals surface area contributed by atoms with Crippen LogP contribution in [0.4, 0.5) is 10.5 Å². The van der Waals surface area contributed by atoms with Gasteiger partial charge in [0, 0.05) is 39.8 Å². The molecule has 1 aliphatic rings. The lowest BCUT2D eigenvalue weighted by molar-refractivity contribution is -0.385. The van der Waals surface area contributed by atoms with E-state index in [1.54, 1.807) is 16.6 Å². The van der Waals surface area contributed by atoms with E-state index in [2.05, 4.69) is 20.3 Å². The monoisotopic (exact) mass is 437 g/mol. The molecule has 1 aliphatic heterocycles. The Balaban J connectivity index is 1.77. The number of carbonyl (C=O) groups is 1. The molecule has 0 aromatic carbocycles. The van der Waals surface area contributed by atoms with Gasteiger partial charge in [-0.2, -0.15) is 5.10 Å². The second-order valence-corrected chi connectivity index (χ2v) is 8.64. The summed E-state index contributed by atoms with van der Waals surface area (Å²) in [5.74, 6) is 1.23. The van der Waals surface area contributed by atoms with Gasteiger partial charge in [0.05, 0.1) is 11.5 Å². The average Bonchev–Trinajstić information content (AvgIpc) is 3.18. The van der Waals surface area contributed by atoms with Crippen LogP contribution in [0, 0.1) is 16.0 Å². The molecule has 1 amide bonds. The number of aliphatic imine (C=N–C) groups is 1. The van der Waals surface area contributed by atoms with Crippen LogP contribution in [-0.2, 0) is 11.3 Å². The van der Waals surface area contributed by atoms with E-state index in [9.17, 15) is 14.9 Å². The molecule has 11 heteroatoms. The van der Waals surface area contributed by atoms with Gasteiger partial charge < -0.3 is 19.9 Å². The van der Waals surface area contributed by atoms with Crippen molar-refractivity contribution in [3.8, 4) is 0 Å². The third kappa shape index (κ3) is 7.72. The summed E-state index contributed by atoms with van der Waals surface area (Å²) in [4.78, 5) is 31.0. The number of hydrogen-bond acceptors (Lipinski definition) is 6. The molecule has 1 fully saturated rings. The molecule has 174 valence electrons. The van der Waals surface area contributed by atoms with Gasteiger partial charge >= 0.3 is 11.8 Å². The Morgan fingerprint density at radius 1 is 1.42 bits per heavy atom. The maximum Gasteiger partial charge on any atom is 0.410 e. The highest BCUT2D eigenvalue weighted by molar-refractivity contribution is 5.79. The van der Waals surface area contributed by atoms with E-state index >= 15 is 0 Å². The summed E-state index contributed by atoms with van der Waals surface area (Å²) in [7, 11) is 1.74. The summed E-state index contributed by atoms with van der Waals surface area (Å²) in [6.45, 7) is 11.7. The number of carbonyl (C=O) groups excluding carboxylic acids is 1. The van der Waals surface area contributed by atoms with Gasteiger partial charge in [-0.05, 0) is 46.5 Å². The molecule has 0 atom stereocenters. The predicted molar refractivity (Wildman–Crippen MR) is 118 cm³/mol. The summed E-state index contributed by atoms with van der Waals surface area (Å²) in [5, 5.41) is 18.0. The van der Waals surface area contributed by atoms with Crippen molar-refractivity contribution < 1.29 is 14.5 Å². The number of nitro groups is 1. The van der Waals surface area contributed by atoms with Crippen LogP contribution in [0.15, 0.2) is 17.4 Å². The lowest BCUT2D eigenvalue weighted by atomic mass is 9.96. The Bertz CT molecular complexity index is 764. The van der Waals surface area contributed by atoms with Gasteiger partial charge in [0.2, 0.25) is 0 Å². The summed E-state index contributed by atoms with van der Waals surface area (Å²) in [6.07, 6.45) is 4.33. The lowest BCUT2D eigenvalue weighted by Gasteiger charge is -2.36. The Morgan fingerprint density at radius 3 is 2.61 bits per heavy atom. The van der Waals surface area contributed by atoms with Crippen molar-refractivity contribution in [2.75, 3.05) is 39.8 Å². The minimum atomic E-state index is -0.493. The van der Waals surface area contributed by atoms with Crippen molar-refractivity contribution in [1.82, 2.24) is 24.9 Å². The minimum absolute atomic E-state index is 0.0149. The van der Waals surface area contributed by atoms with E-state index in [4.69, 9.17) is 4.74 Å². The zero-order chi connectivity index (χ0) is 23.0. The molecule has 0 spiro atoms. The van der Waals surface area contributed by atoms with Gasteiger partial charge in [-0.25, -0.2) is 4.79 Å². The highest BCUT2D eigenvalue weighted by atomic mass is 16.6. The summed E-state index contributed by atoms with van der Waals surface area (Å²) in [5.41, 5.74) is -0.508. The lowest BCUT2D eigenvalue weighted by Crippen LogP contribution is -2.48. The molecular weight excluding hydrogens is 402 g/mol. The van der Waals surface area contributed by atoms with Crippen molar-refractivity contribution in [2.24, 2.45) is 10.9 Å². The standard InChI is InChI=1S/C20H35N7O4/c1-6-24(19(28)31-20(2,3)4)14-16-7-10-25(11-8-16)18(21-5)22-9-12-26-15-17(13-23-26)27(29)30/h13,15-16H,6-12,14H2,1-5H3,(H,21,22). The van der Waals surface area contributed by atoms with Crippen LogP contribution in [0.3, 0.4) is 0 Å². The molecule has 0 aliphatic carbocycles. The second kappa shape index (κ2) is 11.0. The first-order chi connectivity index (χ1) is 14.6. The van der Waals surface area contributed by atoms with Crippen LogP contribution >= 0.6 is 0 Å². The summed E-state index contributed by atoms with van der Waals surface area (Å²) >= 11 is 0. The Hall–Kier alpha value is -2.85. The first-order valence-electron chi connectivity index (χ1n) is 10.7. The Labute approximate surface area is 183 Å². The smallest absolute Gasteiger partial charge is 0.410 e. The molecule has 0 bridgehead atoms. The van der Waals surface area contributed by atoms with Crippen molar-refractivity contribution in [3.05, 3.63) is 22.5 Å². The van der Waals surface area contributed by atoms with Gasteiger partial charge in [-0.15, -0.1) is 0 Å². The zero-order valence-electron chi connectivity index (χ0n) is 19.2. The molecule has 11 nitrogen and oxygen atoms in total. The summed E-state index contributed by atoms with van der Waals surface area (Å²) < 4.78 is 7.05. The SMILES string of the molecule is CCN(CC1CCN(C(=NC)NCCn2cc([N+](=O)[O-])cn2)CC1)C(=O)OC(C)(C)C. The van der Waals surface area contributed by atoms with Crippen LogP contribution in [0.1, 0.15) is 40.5 Å². The Morgan fingerprint density at radius 2 is 2.10 bits per heavy atom. The molecule has 1 saturated heterocycles. The molecule has 31 heavy (non-hydrogen) atoms. The van der Waals surface area contributed by atoms with Gasteiger partial charge in [0.25, 0.3) is 0 Å². The van der Waals surface area contributed by atoms with Crippen molar-refractivity contribution in [3.63, 3.8) is 0 Å². The molecule has 1 aromatic rings. The van der Waals surface area contributed by atoms with E-state index in [-0.39, 0.29) is 11.8 Å². The quantitative estimate of drug-likeness (QED) is 0.301. The van der Waals surface area contributed by atoms with Gasteiger partial charge in [0.15, 0.2) is 5.96 Å². The largest absolute Gasteiger partial charge is 0.444 e. The third-order valence-electron chi connectivity index (χ3n) is 5.09. The number of aromatic nitrogens is 2. The van der Waals surface area contributed by atoms with Crippen LogP contribution in [0.25, 0.3) is 0 Å². The van der Waals surface area contributed by atoms with E-state index in [1.165, 1.54) is 12.4 Å². The zero-order valence-corrected chi connectivity index (χ0v) is 19.2. The molecule has 0 unspecified atom stereocenters. The maximum absolute atomic E-state index is 12.4. The molecule has 1 aromatic heterocycles. The Kier molecular flexibility index (Phi) is 8.64. The number of nitrogens with one attached hydrogen (secondary N) is 1. The van der Waals surface area contributed by atoms with E-state index in [0.29, 0.717) is 32.1 Å². The van der Waals surface area contributed by atoms with E-state index in [1.807, 2.05) is 27.7 Å². The normalized spacial score (nSPS) is 15.6. The molecular formula is C20H35N7O4. The van der Waals surface area contributed by atoms with Gasteiger partial charge in [-0.1, -0.05) is 0 Å². The topological polar surface area (TPSA) is 118 Å². The number of nitrogens with zero attached hydrogens (tertiary/aromatic N) is 6. The molecule has 0 saturated carbocycles. The van der Waals surface area contributed by atoms with Gasteiger partial charge in [0.1, 0.15) is 18.0 Å². The molecule has 2 rings (SSSR count). The number of rotatable bonds is 7. The fraction of sp³-hybridized carbons (Fsp3) is 0.750. The highest BCUT2D eigenvalue weighted by Gasteiger charge is 2.27. The second-order valence-electron chi connectivity index (χ2n) is 8.64. The first-order valence-corrected chi connectivity index (χ1v) is 10.7. The molecule has 0 radical (unpaired) electrons.